The van der Waals surface area contributed by atoms with Gasteiger partial charge in [0.1, 0.15) is 0 Å². The first-order valence-electron chi connectivity index (χ1n) is 6.95. The molecule has 1 aromatic rings. The van der Waals surface area contributed by atoms with E-state index in [9.17, 15) is 9.59 Å². The number of nitrogens with one attached hydrogen (secondary N) is 1. The number of carbonyl (C=O) groups excluding carboxylic acids is 1. The van der Waals surface area contributed by atoms with Gasteiger partial charge >= 0.3 is 12.0 Å². The molecule has 0 saturated heterocycles. The van der Waals surface area contributed by atoms with Crippen molar-refractivity contribution in [1.82, 2.24) is 5.32 Å². The Balaban J connectivity index is 1.78. The van der Waals surface area contributed by atoms with Gasteiger partial charge in [-0.1, -0.05) is 25.1 Å². The monoisotopic (exact) mass is 276 g/mol. The molecular weight excluding hydrogens is 256 g/mol. The van der Waals surface area contributed by atoms with Crippen molar-refractivity contribution in [2.75, 3.05) is 18.0 Å². The minimum atomic E-state index is -0.787. The molecule has 0 radical (unpaired) electrons. The maximum Gasteiger partial charge on any atom is 0.321 e. The number of nitrogens with zero attached hydrogens (tertiary/aromatic N) is 1. The molecule has 0 aromatic heterocycles. The van der Waals surface area contributed by atoms with Crippen LogP contribution in [-0.4, -0.2) is 30.2 Å². The number of urea groups is 1. The smallest absolute Gasteiger partial charge is 0.321 e. The molecule has 1 unspecified atom stereocenters. The minimum Gasteiger partial charge on any atom is -0.481 e. The highest BCUT2D eigenvalue weighted by Gasteiger charge is 2.23. The Labute approximate surface area is 118 Å². The predicted molar refractivity (Wildman–Crippen MR) is 76.9 cm³/mol. The maximum absolute atomic E-state index is 12.1. The summed E-state index contributed by atoms with van der Waals surface area (Å²) in [5, 5.41) is 11.6. The average molecular weight is 276 g/mol. The molecule has 0 bridgehead atoms. The van der Waals surface area contributed by atoms with E-state index < -0.39 is 5.97 Å². The third kappa shape index (κ3) is 3.29. The maximum atomic E-state index is 12.1. The zero-order valence-corrected chi connectivity index (χ0v) is 11.6. The third-order valence-electron chi connectivity index (χ3n) is 3.64. The van der Waals surface area contributed by atoms with E-state index in [0.29, 0.717) is 25.9 Å². The molecule has 0 aliphatic carbocycles. The van der Waals surface area contributed by atoms with Gasteiger partial charge in [-0.3, -0.25) is 9.69 Å². The summed E-state index contributed by atoms with van der Waals surface area (Å²) in [7, 11) is 0. The first kappa shape index (κ1) is 14.4. The van der Waals surface area contributed by atoms with Crippen LogP contribution in [0.15, 0.2) is 24.3 Å². The van der Waals surface area contributed by atoms with Crippen LogP contribution in [0.4, 0.5) is 10.5 Å². The standard InChI is InChI=1S/C15H20N2O3/c1-11(14(18)19)5-4-9-16-15(20)17-10-8-12-6-2-3-7-13(12)17/h2-3,6-7,11H,4-5,8-10H2,1H3,(H,16,20)(H,18,19). The van der Waals surface area contributed by atoms with Gasteiger partial charge in [0.2, 0.25) is 0 Å². The molecule has 108 valence electrons. The van der Waals surface area contributed by atoms with Crippen LogP contribution in [0.2, 0.25) is 0 Å². The number of carbonyl (C=O) groups is 2. The summed E-state index contributed by atoms with van der Waals surface area (Å²) < 4.78 is 0. The van der Waals surface area contributed by atoms with Crippen molar-refractivity contribution in [1.29, 1.82) is 0 Å². The molecule has 1 aliphatic rings. The molecule has 20 heavy (non-hydrogen) atoms. The van der Waals surface area contributed by atoms with Crippen molar-refractivity contribution in [3.05, 3.63) is 29.8 Å². The highest BCUT2D eigenvalue weighted by molar-refractivity contribution is 5.94. The van der Waals surface area contributed by atoms with Crippen LogP contribution in [0, 0.1) is 5.92 Å². The molecule has 0 saturated carbocycles. The zero-order valence-electron chi connectivity index (χ0n) is 11.6. The second kappa shape index (κ2) is 6.41. The molecular formula is C15H20N2O3. The van der Waals surface area contributed by atoms with Crippen molar-refractivity contribution in [3.63, 3.8) is 0 Å². The quantitative estimate of drug-likeness (QED) is 0.810. The van der Waals surface area contributed by atoms with Crippen LogP contribution in [0.5, 0.6) is 0 Å². The van der Waals surface area contributed by atoms with Gasteiger partial charge in [0.15, 0.2) is 0 Å². The number of anilines is 1. The molecule has 1 atom stereocenters. The topological polar surface area (TPSA) is 69.6 Å². The molecule has 1 aromatic carbocycles. The Hall–Kier alpha value is -2.04. The van der Waals surface area contributed by atoms with Gasteiger partial charge in [-0.25, -0.2) is 4.79 Å². The minimum absolute atomic E-state index is 0.0991. The van der Waals surface area contributed by atoms with Crippen molar-refractivity contribution in [2.24, 2.45) is 5.92 Å². The number of amides is 2. The van der Waals surface area contributed by atoms with E-state index in [0.717, 1.165) is 12.1 Å². The number of fused-ring (bicyclic) bond motifs is 1. The summed E-state index contributed by atoms with van der Waals surface area (Å²) in [5.74, 6) is -1.15. The summed E-state index contributed by atoms with van der Waals surface area (Å²) in [6, 6.07) is 7.80. The van der Waals surface area contributed by atoms with Crippen LogP contribution in [0.25, 0.3) is 0 Å². The van der Waals surface area contributed by atoms with E-state index in [-0.39, 0.29) is 11.9 Å². The van der Waals surface area contributed by atoms with Crippen LogP contribution in [-0.2, 0) is 11.2 Å². The van der Waals surface area contributed by atoms with Crippen molar-refractivity contribution in [2.45, 2.75) is 26.2 Å². The lowest BCUT2D eigenvalue weighted by molar-refractivity contribution is -0.141. The lowest BCUT2D eigenvalue weighted by Crippen LogP contribution is -2.39. The molecule has 2 amide bonds. The van der Waals surface area contributed by atoms with Crippen molar-refractivity contribution >= 4 is 17.7 Å². The second-order valence-corrected chi connectivity index (χ2v) is 5.14. The van der Waals surface area contributed by atoms with E-state index in [1.165, 1.54) is 5.56 Å². The number of rotatable bonds is 5. The van der Waals surface area contributed by atoms with Gasteiger partial charge in [-0.05, 0) is 30.9 Å². The SMILES string of the molecule is CC(CCCNC(=O)N1CCc2ccccc21)C(=O)O. The normalized spacial score (nSPS) is 14.8. The van der Waals surface area contributed by atoms with E-state index in [1.54, 1.807) is 11.8 Å². The molecule has 0 fully saturated rings. The fraction of sp³-hybridized carbons (Fsp3) is 0.467. The highest BCUT2D eigenvalue weighted by Crippen LogP contribution is 2.27. The summed E-state index contributed by atoms with van der Waals surface area (Å²) in [5.41, 5.74) is 2.17. The zero-order chi connectivity index (χ0) is 14.5. The summed E-state index contributed by atoms with van der Waals surface area (Å²) in [4.78, 5) is 24.5. The van der Waals surface area contributed by atoms with Crippen LogP contribution in [0.3, 0.4) is 0 Å². The Morgan fingerprint density at radius 2 is 2.15 bits per heavy atom. The first-order chi connectivity index (χ1) is 9.59. The molecule has 1 heterocycles. The number of carboxylic acids is 1. The number of hydrogen-bond acceptors (Lipinski definition) is 2. The van der Waals surface area contributed by atoms with Gasteiger partial charge in [0.25, 0.3) is 0 Å². The Bertz CT molecular complexity index is 502. The van der Waals surface area contributed by atoms with E-state index >= 15 is 0 Å². The van der Waals surface area contributed by atoms with Gasteiger partial charge in [0.05, 0.1) is 5.92 Å². The fourth-order valence-corrected chi connectivity index (χ4v) is 2.37. The summed E-state index contributed by atoms with van der Waals surface area (Å²) in [6.45, 7) is 2.90. The van der Waals surface area contributed by atoms with Gasteiger partial charge in [0, 0.05) is 18.8 Å². The highest BCUT2D eigenvalue weighted by atomic mass is 16.4. The molecule has 5 heteroatoms. The van der Waals surface area contributed by atoms with Gasteiger partial charge < -0.3 is 10.4 Å². The second-order valence-electron chi connectivity index (χ2n) is 5.14. The summed E-state index contributed by atoms with van der Waals surface area (Å²) >= 11 is 0. The van der Waals surface area contributed by atoms with Gasteiger partial charge in [-0.15, -0.1) is 0 Å². The Morgan fingerprint density at radius 3 is 2.90 bits per heavy atom. The van der Waals surface area contributed by atoms with Crippen molar-refractivity contribution < 1.29 is 14.7 Å². The first-order valence-corrected chi connectivity index (χ1v) is 6.95. The number of carboxylic acid groups (broad SMARTS) is 1. The number of aliphatic carboxylic acids is 1. The largest absolute Gasteiger partial charge is 0.481 e. The number of hydrogen-bond donors (Lipinski definition) is 2. The van der Waals surface area contributed by atoms with Crippen LogP contribution in [0.1, 0.15) is 25.3 Å². The average Bonchev–Trinajstić information content (AvgIpc) is 2.87. The van der Waals surface area contributed by atoms with Crippen LogP contribution >= 0.6 is 0 Å². The predicted octanol–water partition coefficient (Wildman–Crippen LogP) is 2.26. The number of para-hydroxylation sites is 1. The molecule has 0 spiro atoms. The fourth-order valence-electron chi connectivity index (χ4n) is 2.37. The molecule has 5 nitrogen and oxygen atoms in total. The molecule has 1 aliphatic heterocycles. The molecule has 2 rings (SSSR count). The lowest BCUT2D eigenvalue weighted by Gasteiger charge is -2.18. The Kier molecular flexibility index (Phi) is 4.61. The van der Waals surface area contributed by atoms with E-state index in [4.69, 9.17) is 5.11 Å². The Morgan fingerprint density at radius 1 is 1.40 bits per heavy atom. The van der Waals surface area contributed by atoms with E-state index in [2.05, 4.69) is 5.32 Å². The van der Waals surface area contributed by atoms with Gasteiger partial charge in [-0.2, -0.15) is 0 Å². The molecule has 2 N–H and O–H groups in total. The summed E-state index contributed by atoms with van der Waals surface area (Å²) in [6.07, 6.45) is 2.14. The van der Waals surface area contributed by atoms with E-state index in [1.807, 2.05) is 24.3 Å². The number of benzene rings is 1. The lowest BCUT2D eigenvalue weighted by atomic mass is 10.1. The van der Waals surface area contributed by atoms with Crippen molar-refractivity contribution in [3.8, 4) is 0 Å². The van der Waals surface area contributed by atoms with Crippen LogP contribution < -0.4 is 10.2 Å². The third-order valence-corrected chi connectivity index (χ3v) is 3.64.